The summed E-state index contributed by atoms with van der Waals surface area (Å²) >= 11 is 6.53. The minimum atomic E-state index is -3.17. The average Bonchev–Trinajstić information content (AvgIpc) is 3.32. The monoisotopic (exact) mass is 548 g/mol. The van der Waals surface area contributed by atoms with Crippen molar-refractivity contribution in [1.82, 2.24) is 14.3 Å². The van der Waals surface area contributed by atoms with Crippen LogP contribution in [0.3, 0.4) is 0 Å². The number of rotatable bonds is 10. The van der Waals surface area contributed by atoms with Gasteiger partial charge in [0.25, 0.3) is 11.5 Å². The summed E-state index contributed by atoms with van der Waals surface area (Å²) in [6.07, 6.45) is 10.5. The highest BCUT2D eigenvalue weighted by atomic mass is 32.2. The number of thiocarbonyl (C=S) groups is 1. The van der Waals surface area contributed by atoms with Crippen LogP contribution in [0.1, 0.15) is 63.0 Å². The van der Waals surface area contributed by atoms with Gasteiger partial charge in [0.2, 0.25) is 0 Å². The molecule has 11 heteroatoms. The van der Waals surface area contributed by atoms with Gasteiger partial charge < -0.3 is 5.32 Å². The number of nitrogens with one attached hydrogen (secondary N) is 1. The van der Waals surface area contributed by atoms with Crippen LogP contribution >= 0.6 is 24.0 Å². The molecule has 194 valence electrons. The van der Waals surface area contributed by atoms with Crippen LogP contribution in [0.15, 0.2) is 28.0 Å². The van der Waals surface area contributed by atoms with E-state index in [0.717, 1.165) is 30.2 Å². The second kappa shape index (κ2) is 11.4. The lowest BCUT2D eigenvalue weighted by molar-refractivity contribution is -0.123. The fourth-order valence-corrected chi connectivity index (χ4v) is 7.62. The maximum atomic E-state index is 13.5. The first kappa shape index (κ1) is 26.8. The fraction of sp³-hybridized carbons (Fsp3) is 0.520. The first-order valence-corrected chi connectivity index (χ1v) is 15.5. The van der Waals surface area contributed by atoms with Crippen LogP contribution in [0, 0.1) is 6.92 Å². The number of aromatic nitrogens is 2. The van der Waals surface area contributed by atoms with Gasteiger partial charge in [-0.15, -0.1) is 0 Å². The van der Waals surface area contributed by atoms with E-state index in [1.165, 1.54) is 35.0 Å². The highest BCUT2D eigenvalue weighted by molar-refractivity contribution is 8.26. The lowest BCUT2D eigenvalue weighted by atomic mass is 10.1. The Morgan fingerprint density at radius 1 is 1.19 bits per heavy atom. The topological polar surface area (TPSA) is 101 Å². The quantitative estimate of drug-likeness (QED) is 0.268. The van der Waals surface area contributed by atoms with Gasteiger partial charge >= 0.3 is 0 Å². The lowest BCUT2D eigenvalue weighted by Crippen LogP contribution is -2.39. The third-order valence-electron chi connectivity index (χ3n) is 6.50. The van der Waals surface area contributed by atoms with Crippen LogP contribution in [0.5, 0.6) is 0 Å². The summed E-state index contributed by atoms with van der Waals surface area (Å²) < 4.78 is 25.7. The molecule has 8 nitrogen and oxygen atoms in total. The molecular formula is C25H32N4O4S3. The molecule has 0 spiro atoms. The van der Waals surface area contributed by atoms with E-state index in [2.05, 4.69) is 17.2 Å². The second-order valence-corrected chi connectivity index (χ2v) is 13.3. The maximum absolute atomic E-state index is 13.5. The lowest BCUT2D eigenvalue weighted by Gasteiger charge is -2.20. The number of carbonyl (C=O) groups excluding carboxylic acids is 1. The summed E-state index contributed by atoms with van der Waals surface area (Å²) in [7, 11) is -3.17. The zero-order valence-corrected chi connectivity index (χ0v) is 23.1. The van der Waals surface area contributed by atoms with Crippen LogP contribution in [0.4, 0.5) is 5.82 Å². The number of nitrogens with zero attached hydrogens (tertiary/aromatic N) is 3. The van der Waals surface area contributed by atoms with Crippen molar-refractivity contribution in [1.29, 1.82) is 0 Å². The number of hydrogen-bond donors (Lipinski definition) is 1. The molecule has 2 fully saturated rings. The molecule has 0 radical (unpaired) electrons. The number of aryl methyl sites for hydroxylation is 1. The van der Waals surface area contributed by atoms with Gasteiger partial charge in [-0.05, 0) is 37.5 Å². The summed E-state index contributed by atoms with van der Waals surface area (Å²) in [5, 5.41) is 3.31. The number of hydrogen-bond acceptors (Lipinski definition) is 8. The Balaban J connectivity index is 1.62. The molecule has 0 aliphatic carbocycles. The second-order valence-electron chi connectivity index (χ2n) is 9.42. The van der Waals surface area contributed by atoms with Crippen molar-refractivity contribution in [3.8, 4) is 0 Å². The average molecular weight is 549 g/mol. The van der Waals surface area contributed by atoms with Gasteiger partial charge in [-0.1, -0.05) is 69.1 Å². The van der Waals surface area contributed by atoms with Crippen molar-refractivity contribution in [2.45, 2.75) is 64.8 Å². The molecule has 1 atom stereocenters. The number of sulfone groups is 1. The van der Waals surface area contributed by atoms with Gasteiger partial charge in [0.05, 0.1) is 28.0 Å². The van der Waals surface area contributed by atoms with Crippen molar-refractivity contribution >= 4 is 61.6 Å². The molecule has 36 heavy (non-hydrogen) atoms. The molecule has 0 unspecified atom stereocenters. The summed E-state index contributed by atoms with van der Waals surface area (Å²) in [6.45, 7) is 4.76. The van der Waals surface area contributed by atoms with E-state index in [-0.39, 0.29) is 23.0 Å². The first-order valence-electron chi connectivity index (χ1n) is 12.4. The number of carbonyl (C=O) groups is 1. The molecule has 2 saturated heterocycles. The molecule has 1 amide bonds. The number of unbranched alkanes of at least 4 members (excludes halogenated alkanes) is 5. The van der Waals surface area contributed by atoms with Crippen LogP contribution in [0.25, 0.3) is 11.7 Å². The highest BCUT2D eigenvalue weighted by Gasteiger charge is 2.42. The van der Waals surface area contributed by atoms with Crippen molar-refractivity contribution in [3.63, 3.8) is 0 Å². The van der Waals surface area contributed by atoms with Crippen molar-refractivity contribution in [3.05, 3.63) is 44.7 Å². The van der Waals surface area contributed by atoms with Crippen LogP contribution in [-0.2, 0) is 14.6 Å². The highest BCUT2D eigenvalue weighted by Crippen LogP contribution is 2.36. The number of thioether (sulfide) groups is 1. The number of anilines is 1. The SMILES string of the molecule is CCCCCCCCNc1nc2ccc(C)cn2c(=O)c1/C=C1\SC(=S)N([C@@H]2CCS(=O)(=O)C2)C1=O. The van der Waals surface area contributed by atoms with E-state index >= 15 is 0 Å². The van der Waals surface area contributed by atoms with Gasteiger partial charge in [0.15, 0.2) is 9.84 Å². The standard InChI is InChI=1S/C25H32N4O4S3/c1-3-4-5-6-7-8-12-26-22-19(23(30)28-15-17(2)9-10-21(28)27-22)14-20-24(31)29(25(34)35-20)18-11-13-36(32,33)16-18/h9-10,14-15,18,26H,3-8,11-13,16H2,1-2H3/b20-14-/t18-/m1/s1. The third-order valence-corrected chi connectivity index (χ3v) is 9.58. The Bertz CT molecular complexity index is 1370. The van der Waals surface area contributed by atoms with Gasteiger partial charge in [0.1, 0.15) is 15.8 Å². The summed E-state index contributed by atoms with van der Waals surface area (Å²) in [5.41, 5.74) is 1.46. The molecular weight excluding hydrogens is 517 g/mol. The van der Waals surface area contributed by atoms with Gasteiger partial charge in [-0.2, -0.15) is 0 Å². The Labute approximate surface area is 221 Å². The zero-order valence-electron chi connectivity index (χ0n) is 20.7. The van der Waals surface area contributed by atoms with E-state index < -0.39 is 15.9 Å². The van der Waals surface area contributed by atoms with E-state index in [1.807, 2.05) is 13.0 Å². The number of amides is 1. The summed E-state index contributed by atoms with van der Waals surface area (Å²) in [6, 6.07) is 3.24. The molecule has 0 aromatic carbocycles. The third kappa shape index (κ3) is 6.00. The zero-order chi connectivity index (χ0) is 25.9. The molecule has 0 saturated carbocycles. The summed E-state index contributed by atoms with van der Waals surface area (Å²) in [4.78, 5) is 33.1. The Morgan fingerprint density at radius 3 is 2.67 bits per heavy atom. The molecule has 2 aliphatic rings. The Kier molecular flexibility index (Phi) is 8.52. The van der Waals surface area contributed by atoms with E-state index in [0.29, 0.717) is 39.2 Å². The summed E-state index contributed by atoms with van der Waals surface area (Å²) in [5.74, 6) is 0.0427. The predicted octanol–water partition coefficient (Wildman–Crippen LogP) is 4.16. The number of fused-ring (bicyclic) bond motifs is 1. The largest absolute Gasteiger partial charge is 0.369 e. The minimum Gasteiger partial charge on any atom is -0.369 e. The first-order chi connectivity index (χ1) is 17.2. The normalized spacial score (nSPS) is 20.7. The van der Waals surface area contributed by atoms with Gasteiger partial charge in [-0.25, -0.2) is 13.4 Å². The molecule has 1 N–H and O–H groups in total. The van der Waals surface area contributed by atoms with Crippen LogP contribution in [0.2, 0.25) is 0 Å². The van der Waals surface area contributed by atoms with Gasteiger partial charge in [0, 0.05) is 12.7 Å². The molecule has 4 heterocycles. The molecule has 2 aromatic rings. The molecule has 0 bridgehead atoms. The fourth-order valence-electron chi connectivity index (χ4n) is 4.54. The molecule has 2 aliphatic heterocycles. The van der Waals surface area contributed by atoms with E-state index in [1.54, 1.807) is 18.3 Å². The van der Waals surface area contributed by atoms with Crippen molar-refractivity contribution < 1.29 is 13.2 Å². The van der Waals surface area contributed by atoms with Crippen LogP contribution in [-0.4, -0.2) is 57.0 Å². The minimum absolute atomic E-state index is 0.0512. The van der Waals surface area contributed by atoms with Crippen molar-refractivity contribution in [2.24, 2.45) is 0 Å². The predicted molar refractivity (Wildman–Crippen MR) is 150 cm³/mol. The van der Waals surface area contributed by atoms with E-state index in [4.69, 9.17) is 12.2 Å². The molecule has 4 rings (SSSR count). The Hall–Kier alpha value is -2.24. The Morgan fingerprint density at radius 2 is 1.94 bits per heavy atom. The maximum Gasteiger partial charge on any atom is 0.267 e. The smallest absolute Gasteiger partial charge is 0.267 e. The van der Waals surface area contributed by atoms with Gasteiger partial charge in [-0.3, -0.25) is 18.9 Å². The van der Waals surface area contributed by atoms with Crippen LogP contribution < -0.4 is 10.9 Å². The van der Waals surface area contributed by atoms with E-state index in [9.17, 15) is 18.0 Å². The van der Waals surface area contributed by atoms with Crippen molar-refractivity contribution in [2.75, 3.05) is 23.4 Å². The molecule has 2 aromatic heterocycles. The number of pyridine rings is 1.